The molecule has 156 valence electrons. The van der Waals surface area contributed by atoms with E-state index in [-0.39, 0.29) is 28.7 Å². The monoisotopic (exact) mass is 427 g/mol. The topological polar surface area (TPSA) is 152 Å². The number of likely N-dealkylation sites (N-methyl/N-ethyl adjacent to an activating group) is 1. The van der Waals surface area contributed by atoms with Crippen molar-refractivity contribution < 1.29 is 0 Å². The molecule has 0 saturated heterocycles. The first-order chi connectivity index (χ1) is 14.2. The van der Waals surface area contributed by atoms with Crippen LogP contribution in [0.5, 0.6) is 0 Å². The van der Waals surface area contributed by atoms with Crippen molar-refractivity contribution in [1.82, 2.24) is 24.4 Å². The number of nitrogen functional groups attached to an aromatic ring is 2. The van der Waals surface area contributed by atoms with Crippen LogP contribution in [-0.2, 0) is 6.54 Å². The zero-order valence-corrected chi connectivity index (χ0v) is 17.6. The minimum Gasteiger partial charge on any atom is -0.382 e. The average molecular weight is 428 g/mol. The number of nitrogens with two attached hydrogens (primary N) is 2. The zero-order chi connectivity index (χ0) is 22.0. The Morgan fingerprint density at radius 2 is 2.03 bits per heavy atom. The van der Waals surface area contributed by atoms with Crippen molar-refractivity contribution in [2.24, 2.45) is 0 Å². The Morgan fingerprint density at radius 3 is 2.70 bits per heavy atom. The van der Waals surface area contributed by atoms with Gasteiger partial charge in [0.25, 0.3) is 5.56 Å². The Bertz CT molecular complexity index is 1200. The van der Waals surface area contributed by atoms with E-state index in [4.69, 9.17) is 23.1 Å². The van der Waals surface area contributed by atoms with Gasteiger partial charge in [-0.25, -0.2) is 4.98 Å². The highest BCUT2D eigenvalue weighted by molar-refractivity contribution is 6.35. The minimum absolute atomic E-state index is 0.0250. The maximum Gasteiger partial charge on any atom is 0.263 e. The first-order valence-corrected chi connectivity index (χ1v) is 9.54. The summed E-state index contributed by atoms with van der Waals surface area (Å²) in [4.78, 5) is 27.8. The lowest BCUT2D eigenvalue weighted by atomic mass is 10.2. The first kappa shape index (κ1) is 21.3. The summed E-state index contributed by atoms with van der Waals surface area (Å²) in [5.74, 6) is 0.554. The molecule has 5 N–H and O–H groups in total. The molecule has 0 spiro atoms. The van der Waals surface area contributed by atoms with Crippen molar-refractivity contribution in [3.8, 4) is 6.07 Å². The number of rotatable bonds is 6. The Hall–Kier alpha value is -3.42. The highest BCUT2D eigenvalue weighted by Gasteiger charge is 2.20. The summed E-state index contributed by atoms with van der Waals surface area (Å²) >= 11 is 6.27. The molecule has 1 atom stereocenters. The fourth-order valence-electron chi connectivity index (χ4n) is 3.07. The Balaban J connectivity index is 2.14. The van der Waals surface area contributed by atoms with Gasteiger partial charge in [-0.3, -0.25) is 9.36 Å². The third-order valence-corrected chi connectivity index (χ3v) is 4.85. The van der Waals surface area contributed by atoms with Gasteiger partial charge < -0.3 is 21.7 Å². The second-order valence-electron chi connectivity index (χ2n) is 7.03. The smallest absolute Gasteiger partial charge is 0.263 e. The van der Waals surface area contributed by atoms with E-state index in [0.717, 1.165) is 0 Å². The number of aromatic nitrogens is 4. The van der Waals surface area contributed by atoms with Crippen LogP contribution in [-0.4, -0.2) is 45.1 Å². The van der Waals surface area contributed by atoms with Crippen LogP contribution in [0.2, 0.25) is 5.02 Å². The molecule has 2 aromatic heterocycles. The number of hydrogen-bond acceptors (Lipinski definition) is 9. The minimum atomic E-state index is -0.496. The van der Waals surface area contributed by atoms with E-state index in [1.54, 1.807) is 29.7 Å². The van der Waals surface area contributed by atoms with E-state index in [2.05, 4.69) is 20.3 Å². The lowest BCUT2D eigenvalue weighted by Gasteiger charge is -2.22. The normalized spacial score (nSPS) is 12.1. The number of halogens is 1. The molecule has 0 amide bonds. The predicted octanol–water partition coefficient (Wildman–Crippen LogP) is 1.61. The fourth-order valence-corrected chi connectivity index (χ4v) is 3.32. The molecule has 2 heterocycles. The Kier molecular flexibility index (Phi) is 6.05. The van der Waals surface area contributed by atoms with Gasteiger partial charge in [0, 0.05) is 13.1 Å². The summed E-state index contributed by atoms with van der Waals surface area (Å²) in [6, 6.07) is 6.61. The van der Waals surface area contributed by atoms with Crippen molar-refractivity contribution in [1.29, 1.82) is 5.26 Å². The number of fused-ring (bicyclic) bond motifs is 1. The van der Waals surface area contributed by atoms with Crippen molar-refractivity contribution in [3.05, 3.63) is 45.0 Å². The maximum atomic E-state index is 13.2. The standard InChI is InChI=1S/C19H22ClN9O/c1-10(24-16-11(9-21)15(22)26-19(23)27-16)17-25-13-6-4-5-12(20)14(13)18(30)29(17)8-7-28(2)3/h4-6,10H,7-8H2,1-3H3,(H5,22,23,24,26,27)/t10-/m0/s1. The van der Waals surface area contributed by atoms with Crippen molar-refractivity contribution in [2.45, 2.75) is 19.5 Å². The van der Waals surface area contributed by atoms with Gasteiger partial charge in [-0.15, -0.1) is 0 Å². The molecular weight excluding hydrogens is 406 g/mol. The van der Waals surface area contributed by atoms with Gasteiger partial charge in [0.05, 0.1) is 22.0 Å². The van der Waals surface area contributed by atoms with Gasteiger partial charge >= 0.3 is 0 Å². The second kappa shape index (κ2) is 8.52. The molecule has 3 aromatic rings. The number of benzene rings is 1. The maximum absolute atomic E-state index is 13.2. The van der Waals surface area contributed by atoms with Gasteiger partial charge in [0.15, 0.2) is 5.82 Å². The summed E-state index contributed by atoms with van der Waals surface area (Å²) in [6.07, 6.45) is 0. The molecule has 30 heavy (non-hydrogen) atoms. The van der Waals surface area contributed by atoms with Crippen LogP contribution in [0.1, 0.15) is 24.4 Å². The number of anilines is 3. The van der Waals surface area contributed by atoms with Crippen molar-refractivity contribution in [3.63, 3.8) is 0 Å². The van der Waals surface area contributed by atoms with Crippen molar-refractivity contribution >= 4 is 40.1 Å². The molecule has 0 radical (unpaired) electrons. The lowest BCUT2D eigenvalue weighted by Crippen LogP contribution is -2.32. The molecule has 0 unspecified atom stereocenters. The molecule has 0 saturated carbocycles. The largest absolute Gasteiger partial charge is 0.382 e. The third kappa shape index (κ3) is 4.12. The van der Waals surface area contributed by atoms with Gasteiger partial charge in [-0.1, -0.05) is 17.7 Å². The number of nitrogens with zero attached hydrogens (tertiary/aromatic N) is 6. The summed E-state index contributed by atoms with van der Waals surface area (Å²) in [6.45, 7) is 2.83. The highest BCUT2D eigenvalue weighted by atomic mass is 35.5. The summed E-state index contributed by atoms with van der Waals surface area (Å²) in [5.41, 5.74) is 11.8. The Morgan fingerprint density at radius 1 is 1.30 bits per heavy atom. The van der Waals surface area contributed by atoms with E-state index in [9.17, 15) is 10.1 Å². The lowest BCUT2D eigenvalue weighted by molar-refractivity contribution is 0.375. The van der Waals surface area contributed by atoms with E-state index in [1.807, 2.05) is 25.1 Å². The average Bonchev–Trinajstić information content (AvgIpc) is 2.66. The molecule has 3 rings (SSSR count). The number of hydrogen-bond donors (Lipinski definition) is 3. The summed E-state index contributed by atoms with van der Waals surface area (Å²) in [7, 11) is 3.83. The fraction of sp³-hybridized carbons (Fsp3) is 0.316. The van der Waals surface area contributed by atoms with Gasteiger partial charge in [-0.05, 0) is 33.2 Å². The molecule has 0 aliphatic carbocycles. The van der Waals surface area contributed by atoms with Gasteiger partial charge in [-0.2, -0.15) is 15.2 Å². The molecule has 0 aliphatic heterocycles. The summed E-state index contributed by atoms with van der Waals surface area (Å²) in [5, 5.41) is 13.2. The molecule has 1 aromatic carbocycles. The van der Waals surface area contributed by atoms with Crippen LogP contribution in [0, 0.1) is 11.3 Å². The van der Waals surface area contributed by atoms with E-state index < -0.39 is 6.04 Å². The zero-order valence-electron chi connectivity index (χ0n) is 16.8. The first-order valence-electron chi connectivity index (χ1n) is 9.16. The quantitative estimate of drug-likeness (QED) is 0.532. The van der Waals surface area contributed by atoms with E-state index in [1.165, 1.54) is 0 Å². The van der Waals surface area contributed by atoms with E-state index in [0.29, 0.717) is 34.8 Å². The van der Waals surface area contributed by atoms with Crippen LogP contribution in [0.3, 0.4) is 0 Å². The van der Waals surface area contributed by atoms with Crippen LogP contribution < -0.4 is 22.3 Å². The molecule has 10 nitrogen and oxygen atoms in total. The SMILES string of the molecule is C[C@H](Nc1nc(N)nc(N)c1C#N)c1nc2cccc(Cl)c2c(=O)n1CCN(C)C. The van der Waals surface area contributed by atoms with Crippen LogP contribution >= 0.6 is 11.6 Å². The van der Waals surface area contributed by atoms with Crippen LogP contribution in [0.25, 0.3) is 10.9 Å². The summed E-state index contributed by atoms with van der Waals surface area (Å²) < 4.78 is 1.58. The van der Waals surface area contributed by atoms with E-state index >= 15 is 0 Å². The predicted molar refractivity (Wildman–Crippen MR) is 117 cm³/mol. The number of nitrogens with one attached hydrogen (secondary N) is 1. The molecule has 11 heteroatoms. The highest BCUT2D eigenvalue weighted by Crippen LogP contribution is 2.25. The second-order valence-corrected chi connectivity index (χ2v) is 7.44. The number of nitriles is 1. The van der Waals surface area contributed by atoms with Gasteiger partial charge in [0.1, 0.15) is 23.3 Å². The molecule has 0 aliphatic rings. The van der Waals surface area contributed by atoms with Crippen LogP contribution in [0.15, 0.2) is 23.0 Å². The molecule has 0 fully saturated rings. The van der Waals surface area contributed by atoms with Gasteiger partial charge in [0.2, 0.25) is 5.95 Å². The van der Waals surface area contributed by atoms with Crippen molar-refractivity contribution in [2.75, 3.05) is 37.4 Å². The molecular formula is C19H22ClN9O. The van der Waals surface area contributed by atoms with Crippen LogP contribution in [0.4, 0.5) is 17.6 Å². The third-order valence-electron chi connectivity index (χ3n) is 4.54. The molecule has 0 bridgehead atoms. The Labute approximate surface area is 178 Å².